The van der Waals surface area contributed by atoms with Crippen molar-refractivity contribution in [2.24, 2.45) is 0 Å². The molecule has 21 heavy (non-hydrogen) atoms. The standard InChI is InChI=1S/C16H12ClIN2O/c17-11-2-1-3-13-15(11)20(10-5-6-10)16(19-13)9-4-7-12(18)14(21)8-9/h1-4,7-8,10,21H,5-6H2. The highest BCUT2D eigenvalue weighted by Gasteiger charge is 2.29. The topological polar surface area (TPSA) is 38.1 Å². The van der Waals surface area contributed by atoms with E-state index in [1.54, 1.807) is 6.07 Å². The van der Waals surface area contributed by atoms with E-state index in [1.165, 1.54) is 0 Å². The van der Waals surface area contributed by atoms with Crippen molar-refractivity contribution in [1.29, 1.82) is 0 Å². The molecule has 4 rings (SSSR count). The van der Waals surface area contributed by atoms with E-state index in [0.29, 0.717) is 6.04 Å². The highest BCUT2D eigenvalue weighted by atomic mass is 127. The smallest absolute Gasteiger partial charge is 0.141 e. The SMILES string of the molecule is Oc1cc(-c2nc3cccc(Cl)c3n2C2CC2)ccc1I. The molecule has 1 aliphatic carbocycles. The van der Waals surface area contributed by atoms with E-state index in [4.69, 9.17) is 16.6 Å². The first-order valence-electron chi connectivity index (χ1n) is 6.80. The summed E-state index contributed by atoms with van der Waals surface area (Å²) in [6, 6.07) is 11.9. The van der Waals surface area contributed by atoms with Crippen LogP contribution in [0.3, 0.4) is 0 Å². The van der Waals surface area contributed by atoms with Gasteiger partial charge in [-0.15, -0.1) is 0 Å². The van der Waals surface area contributed by atoms with Gasteiger partial charge in [0.1, 0.15) is 11.6 Å². The van der Waals surface area contributed by atoms with Gasteiger partial charge in [0.2, 0.25) is 0 Å². The van der Waals surface area contributed by atoms with Gasteiger partial charge in [0, 0.05) is 11.6 Å². The molecule has 1 heterocycles. The highest BCUT2D eigenvalue weighted by molar-refractivity contribution is 14.1. The molecule has 3 nitrogen and oxygen atoms in total. The van der Waals surface area contributed by atoms with E-state index in [9.17, 15) is 5.11 Å². The van der Waals surface area contributed by atoms with Crippen LogP contribution in [0.2, 0.25) is 5.02 Å². The zero-order chi connectivity index (χ0) is 14.6. The van der Waals surface area contributed by atoms with E-state index >= 15 is 0 Å². The van der Waals surface area contributed by atoms with Gasteiger partial charge in [-0.05, 0) is 65.8 Å². The maximum absolute atomic E-state index is 9.97. The summed E-state index contributed by atoms with van der Waals surface area (Å²) in [5.41, 5.74) is 2.82. The van der Waals surface area contributed by atoms with Crippen molar-refractivity contribution in [2.45, 2.75) is 18.9 Å². The zero-order valence-electron chi connectivity index (χ0n) is 11.1. The molecule has 0 atom stereocenters. The second-order valence-electron chi connectivity index (χ2n) is 5.31. The van der Waals surface area contributed by atoms with E-state index in [0.717, 1.165) is 43.9 Å². The minimum atomic E-state index is 0.286. The molecule has 0 bridgehead atoms. The summed E-state index contributed by atoms with van der Waals surface area (Å²) in [4.78, 5) is 4.74. The molecule has 0 saturated heterocycles. The number of hydrogen-bond donors (Lipinski definition) is 1. The Morgan fingerprint density at radius 1 is 1.24 bits per heavy atom. The van der Waals surface area contributed by atoms with Crippen molar-refractivity contribution in [3.63, 3.8) is 0 Å². The number of phenolic OH excluding ortho intramolecular Hbond substituents is 1. The van der Waals surface area contributed by atoms with Crippen LogP contribution < -0.4 is 0 Å². The van der Waals surface area contributed by atoms with E-state index in [2.05, 4.69) is 27.2 Å². The summed E-state index contributed by atoms with van der Waals surface area (Å²) in [5, 5.41) is 10.7. The Hall–Kier alpha value is -1.27. The molecule has 3 aromatic rings. The molecule has 2 aromatic carbocycles. The summed E-state index contributed by atoms with van der Waals surface area (Å²) in [6.07, 6.45) is 2.31. The van der Waals surface area contributed by atoms with Crippen LogP contribution in [0, 0.1) is 3.57 Å². The van der Waals surface area contributed by atoms with Gasteiger partial charge in [0.15, 0.2) is 0 Å². The van der Waals surface area contributed by atoms with Gasteiger partial charge in [0.05, 0.1) is 19.6 Å². The molecule has 1 aromatic heterocycles. The van der Waals surface area contributed by atoms with Crippen molar-refractivity contribution in [3.8, 4) is 17.1 Å². The summed E-state index contributed by atoms with van der Waals surface area (Å²) < 4.78 is 3.06. The third kappa shape index (κ3) is 2.21. The van der Waals surface area contributed by atoms with Crippen LogP contribution in [0.15, 0.2) is 36.4 Å². The normalized spacial score (nSPS) is 14.8. The number of para-hydroxylation sites is 1. The molecule has 1 N–H and O–H groups in total. The Bertz CT molecular complexity index is 855. The van der Waals surface area contributed by atoms with Gasteiger partial charge in [-0.25, -0.2) is 4.98 Å². The first-order chi connectivity index (χ1) is 10.1. The second-order valence-corrected chi connectivity index (χ2v) is 6.88. The molecule has 0 amide bonds. The quantitative estimate of drug-likeness (QED) is 0.604. The third-order valence-corrected chi connectivity index (χ3v) is 4.99. The van der Waals surface area contributed by atoms with E-state index < -0.39 is 0 Å². The van der Waals surface area contributed by atoms with Gasteiger partial charge < -0.3 is 9.67 Å². The number of imidazole rings is 1. The number of phenols is 1. The predicted octanol–water partition coefficient (Wildman–Crippen LogP) is 5.00. The number of hydrogen-bond acceptors (Lipinski definition) is 2. The summed E-state index contributed by atoms with van der Waals surface area (Å²) in [6.45, 7) is 0. The lowest BCUT2D eigenvalue weighted by molar-refractivity contribution is 0.471. The number of benzene rings is 2. The average Bonchev–Trinajstić information content (AvgIpc) is 3.22. The number of halogens is 2. The van der Waals surface area contributed by atoms with Crippen LogP contribution in [0.1, 0.15) is 18.9 Å². The van der Waals surface area contributed by atoms with Gasteiger partial charge in [0.25, 0.3) is 0 Å². The monoisotopic (exact) mass is 410 g/mol. The molecular weight excluding hydrogens is 399 g/mol. The number of rotatable bonds is 2. The lowest BCUT2D eigenvalue weighted by Crippen LogP contribution is -1.97. The number of nitrogens with zero attached hydrogens (tertiary/aromatic N) is 2. The van der Waals surface area contributed by atoms with Crippen LogP contribution >= 0.6 is 34.2 Å². The lowest BCUT2D eigenvalue weighted by Gasteiger charge is -2.09. The molecule has 1 aliphatic rings. The van der Waals surface area contributed by atoms with Crippen molar-refractivity contribution in [1.82, 2.24) is 9.55 Å². The largest absolute Gasteiger partial charge is 0.507 e. The first kappa shape index (κ1) is 13.4. The van der Waals surface area contributed by atoms with E-state index in [-0.39, 0.29) is 5.75 Å². The zero-order valence-corrected chi connectivity index (χ0v) is 14.0. The van der Waals surface area contributed by atoms with Gasteiger partial charge in [-0.3, -0.25) is 0 Å². The van der Waals surface area contributed by atoms with Crippen molar-refractivity contribution < 1.29 is 5.11 Å². The molecule has 1 saturated carbocycles. The minimum absolute atomic E-state index is 0.286. The molecule has 106 valence electrons. The van der Waals surface area contributed by atoms with Gasteiger partial charge in [-0.2, -0.15) is 0 Å². The number of aromatic nitrogens is 2. The molecule has 0 aliphatic heterocycles. The van der Waals surface area contributed by atoms with Crippen molar-refractivity contribution in [2.75, 3.05) is 0 Å². The maximum Gasteiger partial charge on any atom is 0.141 e. The Morgan fingerprint density at radius 3 is 2.76 bits per heavy atom. The highest BCUT2D eigenvalue weighted by Crippen LogP contribution is 2.43. The third-order valence-electron chi connectivity index (χ3n) is 3.78. The lowest BCUT2D eigenvalue weighted by atomic mass is 10.2. The average molecular weight is 411 g/mol. The fraction of sp³-hybridized carbons (Fsp3) is 0.188. The Labute approximate surface area is 140 Å². The predicted molar refractivity (Wildman–Crippen MR) is 92.8 cm³/mol. The Morgan fingerprint density at radius 2 is 2.05 bits per heavy atom. The first-order valence-corrected chi connectivity index (χ1v) is 8.26. The number of aromatic hydroxyl groups is 1. The molecule has 1 fully saturated rings. The summed E-state index contributed by atoms with van der Waals surface area (Å²) in [7, 11) is 0. The van der Waals surface area contributed by atoms with E-state index in [1.807, 2.05) is 30.3 Å². The van der Waals surface area contributed by atoms with Gasteiger partial charge in [-0.1, -0.05) is 17.7 Å². The molecular formula is C16H12ClIN2O. The van der Waals surface area contributed by atoms with Crippen LogP contribution in [0.4, 0.5) is 0 Å². The Balaban J connectivity index is 2.01. The maximum atomic E-state index is 9.97. The second kappa shape index (κ2) is 4.88. The van der Waals surface area contributed by atoms with Gasteiger partial charge >= 0.3 is 0 Å². The summed E-state index contributed by atoms with van der Waals surface area (Å²) >= 11 is 8.50. The van der Waals surface area contributed by atoms with Crippen LogP contribution in [0.5, 0.6) is 5.75 Å². The van der Waals surface area contributed by atoms with Crippen molar-refractivity contribution in [3.05, 3.63) is 45.0 Å². The van der Waals surface area contributed by atoms with Crippen LogP contribution in [-0.4, -0.2) is 14.7 Å². The molecule has 0 spiro atoms. The summed E-state index contributed by atoms with van der Waals surface area (Å²) in [5.74, 6) is 1.17. The molecule has 0 unspecified atom stereocenters. The fourth-order valence-electron chi connectivity index (χ4n) is 2.65. The molecule has 0 radical (unpaired) electrons. The van der Waals surface area contributed by atoms with Crippen LogP contribution in [-0.2, 0) is 0 Å². The molecule has 5 heteroatoms. The van der Waals surface area contributed by atoms with Crippen LogP contribution in [0.25, 0.3) is 22.4 Å². The Kier molecular flexibility index (Phi) is 3.11. The number of fused-ring (bicyclic) bond motifs is 1. The van der Waals surface area contributed by atoms with Crippen molar-refractivity contribution >= 4 is 45.2 Å². The minimum Gasteiger partial charge on any atom is -0.507 e. The fourth-order valence-corrected chi connectivity index (χ4v) is 3.25.